The van der Waals surface area contributed by atoms with Crippen LogP contribution in [0.15, 0.2) is 182 Å². The van der Waals surface area contributed by atoms with E-state index in [1.165, 1.54) is 0 Å². The predicted molar refractivity (Wildman–Crippen MR) is 302 cm³/mol. The fourth-order valence-corrected chi connectivity index (χ4v) is 10.2. The van der Waals surface area contributed by atoms with Crippen LogP contribution in [0.1, 0.15) is 55.6 Å². The Morgan fingerprint density at radius 3 is 1.03 bits per heavy atom. The van der Waals surface area contributed by atoms with E-state index in [1.807, 2.05) is 60.7 Å². The second-order valence-corrected chi connectivity index (χ2v) is 19.2. The Morgan fingerprint density at radius 1 is 0.355 bits per heavy atom. The molecule has 10 nitrogen and oxygen atoms in total. The summed E-state index contributed by atoms with van der Waals surface area (Å²) in [5.74, 6) is 4.13. The van der Waals surface area contributed by atoms with Crippen LogP contribution in [0.3, 0.4) is 0 Å². The molecule has 10 heteroatoms. The third kappa shape index (κ3) is 10.2. The molecule has 3 heterocycles. The van der Waals surface area contributed by atoms with Crippen LogP contribution in [0.25, 0.3) is 12.2 Å². The maximum Gasteiger partial charge on any atom is 0.178 e. The molecule has 3 aliphatic rings. The highest BCUT2D eigenvalue weighted by atomic mass is 16.6. The molecule has 0 aliphatic carbocycles. The Kier molecular flexibility index (Phi) is 14.5. The molecule has 11 rings (SSSR count). The molecule has 0 bridgehead atoms. The van der Waals surface area contributed by atoms with Gasteiger partial charge in [0.15, 0.2) is 34.2 Å². The minimum absolute atomic E-state index is 0.299. The number of benzene rings is 8. The van der Waals surface area contributed by atoms with E-state index in [0.717, 1.165) is 89.9 Å². The van der Waals surface area contributed by atoms with E-state index in [9.17, 15) is 0 Å². The minimum atomic E-state index is -0.761. The van der Waals surface area contributed by atoms with Gasteiger partial charge in [0.2, 0.25) is 0 Å². The highest BCUT2D eigenvalue weighted by Crippen LogP contribution is 2.48. The van der Waals surface area contributed by atoms with Gasteiger partial charge >= 0.3 is 0 Å². The van der Waals surface area contributed by atoms with Crippen molar-refractivity contribution in [1.82, 2.24) is 0 Å². The number of anilines is 4. The van der Waals surface area contributed by atoms with E-state index in [2.05, 4.69) is 172 Å². The van der Waals surface area contributed by atoms with Crippen LogP contribution in [-0.2, 0) is 20.7 Å². The van der Waals surface area contributed by atoms with Crippen molar-refractivity contribution in [3.63, 3.8) is 0 Å². The average molecular weight is 1010 g/mol. The molecule has 0 fully saturated rings. The maximum atomic E-state index is 7.08. The summed E-state index contributed by atoms with van der Waals surface area (Å²) in [4.78, 5) is 0. The quantitative estimate of drug-likeness (QED) is 0.153. The minimum Gasteiger partial charge on any atom is -0.487 e. The molecule has 0 amide bonds. The SMILES string of the molecule is Cc1cc(Nc2ccc3c(c2)OCCOCCOc2cc(Nc4cc(C)c5c(c4C)C=CC(c4ccccc4)(c4ccccc4)O5)ccc2OCCOCCO3)c(C)c2c1OC(c1ccccc1)(c1ccccc1)C=C2. The Hall–Kier alpha value is -8.44. The van der Waals surface area contributed by atoms with Crippen LogP contribution in [0, 0.1) is 27.7 Å². The molecule has 0 spiro atoms. The summed E-state index contributed by atoms with van der Waals surface area (Å²) in [6.45, 7) is 11.1. The Balaban J connectivity index is 0.753. The van der Waals surface area contributed by atoms with Crippen molar-refractivity contribution >= 4 is 34.9 Å². The van der Waals surface area contributed by atoms with Crippen LogP contribution in [0.2, 0.25) is 0 Å². The van der Waals surface area contributed by atoms with Gasteiger partial charge in [-0.15, -0.1) is 0 Å². The van der Waals surface area contributed by atoms with Crippen molar-refractivity contribution in [2.24, 2.45) is 0 Å². The molecule has 0 radical (unpaired) electrons. The molecule has 2 N–H and O–H groups in total. The van der Waals surface area contributed by atoms with Crippen molar-refractivity contribution in [3.8, 4) is 34.5 Å². The van der Waals surface area contributed by atoms with E-state index in [0.29, 0.717) is 75.9 Å². The van der Waals surface area contributed by atoms with Gasteiger partial charge in [-0.25, -0.2) is 0 Å². The molecule has 3 aliphatic heterocycles. The van der Waals surface area contributed by atoms with Gasteiger partial charge in [0, 0.05) is 68.3 Å². The summed E-state index contributed by atoms with van der Waals surface area (Å²) >= 11 is 0. The molecule has 0 atom stereocenters. The van der Waals surface area contributed by atoms with Crippen LogP contribution in [-0.4, -0.2) is 52.9 Å². The Labute approximate surface area is 445 Å². The monoisotopic (exact) mass is 1010 g/mol. The fraction of sp³-hybridized carbons (Fsp3) is 0.212. The molecule has 0 saturated carbocycles. The second-order valence-electron chi connectivity index (χ2n) is 19.2. The molecule has 8 aromatic carbocycles. The summed E-state index contributed by atoms with van der Waals surface area (Å²) in [6, 6.07) is 57.6. The zero-order chi connectivity index (χ0) is 51.9. The van der Waals surface area contributed by atoms with Gasteiger partial charge < -0.3 is 48.5 Å². The van der Waals surface area contributed by atoms with E-state index < -0.39 is 11.2 Å². The van der Waals surface area contributed by atoms with Gasteiger partial charge in [-0.2, -0.15) is 0 Å². The first-order valence-corrected chi connectivity index (χ1v) is 26.0. The summed E-state index contributed by atoms with van der Waals surface area (Å²) < 4.78 is 51.4. The zero-order valence-electron chi connectivity index (χ0n) is 43.4. The lowest BCUT2D eigenvalue weighted by Gasteiger charge is -2.37. The molecular weight excluding hydrogens is 949 g/mol. The van der Waals surface area contributed by atoms with Gasteiger partial charge in [-0.05, 0) is 98.5 Å². The normalized spacial score (nSPS) is 15.8. The molecule has 76 heavy (non-hydrogen) atoms. The Bertz CT molecular complexity index is 3080. The van der Waals surface area contributed by atoms with Crippen LogP contribution in [0.5, 0.6) is 34.5 Å². The smallest absolute Gasteiger partial charge is 0.178 e. The number of fused-ring (bicyclic) bond motifs is 4. The van der Waals surface area contributed by atoms with Crippen molar-refractivity contribution in [3.05, 3.63) is 238 Å². The molecular formula is C66H62N2O8. The van der Waals surface area contributed by atoms with E-state index in [4.69, 9.17) is 37.9 Å². The standard InChI is InChI=1S/C66H62N2O8/c1-45-41-57(47(3)55-29-31-65(75-63(45)55,49-17-9-5-10-18-49)50-19-11-6-12-20-50)67-53-25-27-59-61(43-53)73-39-35-70-36-40-74-62-44-54(26-28-60(62)72-38-34-69-33-37-71-59)68-58-42-46(2)64-56(48(58)4)30-32-66(76-64,51-21-13-7-14-22-51)52-23-15-8-16-24-52/h5-32,41-44,67-68H,33-40H2,1-4H3. The largest absolute Gasteiger partial charge is 0.487 e. The van der Waals surface area contributed by atoms with Crippen molar-refractivity contribution in [1.29, 1.82) is 0 Å². The third-order valence-corrected chi connectivity index (χ3v) is 14.2. The second kappa shape index (κ2) is 22.2. The van der Waals surface area contributed by atoms with Crippen molar-refractivity contribution < 1.29 is 37.9 Å². The molecule has 0 saturated heterocycles. The Morgan fingerprint density at radius 2 is 0.684 bits per heavy atom. The summed E-state index contributed by atoms with van der Waals surface area (Å²) in [5, 5.41) is 7.32. The van der Waals surface area contributed by atoms with E-state index >= 15 is 0 Å². The van der Waals surface area contributed by atoms with Gasteiger partial charge in [0.05, 0.1) is 26.4 Å². The van der Waals surface area contributed by atoms with E-state index in [1.54, 1.807) is 0 Å². The fourth-order valence-electron chi connectivity index (χ4n) is 10.2. The highest BCUT2D eigenvalue weighted by Gasteiger charge is 2.39. The lowest BCUT2D eigenvalue weighted by Crippen LogP contribution is -2.34. The van der Waals surface area contributed by atoms with Crippen molar-refractivity contribution in [2.75, 3.05) is 63.5 Å². The van der Waals surface area contributed by atoms with Gasteiger partial charge in [0.1, 0.15) is 37.9 Å². The van der Waals surface area contributed by atoms with Gasteiger partial charge in [-0.3, -0.25) is 0 Å². The van der Waals surface area contributed by atoms with E-state index in [-0.39, 0.29) is 0 Å². The highest BCUT2D eigenvalue weighted by molar-refractivity contribution is 5.79. The van der Waals surface area contributed by atoms with Gasteiger partial charge in [0.25, 0.3) is 0 Å². The number of hydrogen-bond donors (Lipinski definition) is 2. The van der Waals surface area contributed by atoms with Crippen molar-refractivity contribution in [2.45, 2.75) is 38.9 Å². The number of ether oxygens (including phenoxy) is 8. The van der Waals surface area contributed by atoms with Crippen LogP contribution >= 0.6 is 0 Å². The predicted octanol–water partition coefficient (Wildman–Crippen LogP) is 14.4. The maximum absolute atomic E-state index is 7.08. The molecule has 0 aromatic heterocycles. The topological polar surface area (TPSA) is 97.9 Å². The van der Waals surface area contributed by atoms with Crippen LogP contribution in [0.4, 0.5) is 22.7 Å². The summed E-state index contributed by atoms with van der Waals surface area (Å²) in [6.07, 6.45) is 8.74. The van der Waals surface area contributed by atoms with Crippen LogP contribution < -0.4 is 39.1 Å². The zero-order valence-corrected chi connectivity index (χ0v) is 43.4. The lowest BCUT2D eigenvalue weighted by atomic mass is 9.83. The number of rotatable bonds is 8. The molecule has 8 aromatic rings. The number of nitrogens with one attached hydrogen (secondary N) is 2. The first-order valence-electron chi connectivity index (χ1n) is 26.0. The number of aryl methyl sites for hydroxylation is 2. The third-order valence-electron chi connectivity index (χ3n) is 14.2. The molecule has 384 valence electrons. The lowest BCUT2D eigenvalue weighted by molar-refractivity contribution is 0.0640. The first-order chi connectivity index (χ1) is 37.3. The first kappa shape index (κ1) is 49.8. The average Bonchev–Trinajstić information content (AvgIpc) is 3.52. The van der Waals surface area contributed by atoms with Gasteiger partial charge in [-0.1, -0.05) is 133 Å². The number of hydrogen-bond acceptors (Lipinski definition) is 10. The summed E-state index contributed by atoms with van der Waals surface area (Å²) in [5.41, 5.74) is 12.6. The summed E-state index contributed by atoms with van der Waals surface area (Å²) in [7, 11) is 0. The molecule has 0 unspecified atom stereocenters.